The minimum atomic E-state index is 0.498. The highest BCUT2D eigenvalue weighted by atomic mass is 16.5. The Morgan fingerprint density at radius 3 is 2.69 bits per heavy atom. The number of rotatable bonds is 0. The van der Waals surface area contributed by atoms with Crippen molar-refractivity contribution < 1.29 is 4.74 Å². The van der Waals surface area contributed by atoms with E-state index in [0.717, 1.165) is 30.2 Å². The van der Waals surface area contributed by atoms with Gasteiger partial charge in [0.2, 0.25) is 0 Å². The standard InChI is InChI=1S/C12H15NO.C2H6/c1-9-7-13-10(2)11-5-3-4-6-12(11)14-8-9;1-2/h3-6,9H,7-8H2,1-2H3;1-2H3. The van der Waals surface area contributed by atoms with Crippen LogP contribution in [0.4, 0.5) is 0 Å². The first kappa shape index (κ1) is 12.8. The van der Waals surface area contributed by atoms with Crippen molar-refractivity contribution in [3.05, 3.63) is 29.8 Å². The third-order valence-corrected chi connectivity index (χ3v) is 2.44. The minimum Gasteiger partial charge on any atom is -0.493 e. The van der Waals surface area contributed by atoms with Crippen LogP contribution >= 0.6 is 0 Å². The van der Waals surface area contributed by atoms with E-state index in [1.807, 2.05) is 39.0 Å². The SMILES string of the molecule is CC.CC1=NCC(C)COc2ccccc21. The van der Waals surface area contributed by atoms with Crippen LogP contribution in [0, 0.1) is 5.92 Å². The van der Waals surface area contributed by atoms with Gasteiger partial charge in [0.05, 0.1) is 6.61 Å². The number of ether oxygens (including phenoxy) is 1. The van der Waals surface area contributed by atoms with Crippen LogP contribution in [0.15, 0.2) is 29.3 Å². The molecule has 0 saturated carbocycles. The van der Waals surface area contributed by atoms with Crippen molar-refractivity contribution in [2.45, 2.75) is 27.7 Å². The first-order valence-corrected chi connectivity index (χ1v) is 6.00. The summed E-state index contributed by atoms with van der Waals surface area (Å²) in [5.74, 6) is 1.46. The van der Waals surface area contributed by atoms with Crippen molar-refractivity contribution in [1.82, 2.24) is 0 Å². The molecule has 2 heteroatoms. The molecule has 1 aliphatic rings. The quantitative estimate of drug-likeness (QED) is 0.654. The maximum absolute atomic E-state index is 5.73. The Bertz CT molecular complexity index is 358. The number of aliphatic imine (C=N–C) groups is 1. The van der Waals surface area contributed by atoms with Gasteiger partial charge in [-0.3, -0.25) is 4.99 Å². The van der Waals surface area contributed by atoms with Gasteiger partial charge < -0.3 is 4.74 Å². The lowest BCUT2D eigenvalue weighted by atomic mass is 10.1. The molecule has 1 aromatic carbocycles. The molecule has 0 N–H and O–H groups in total. The summed E-state index contributed by atoms with van der Waals surface area (Å²) in [6.07, 6.45) is 0. The van der Waals surface area contributed by atoms with Crippen molar-refractivity contribution in [1.29, 1.82) is 0 Å². The van der Waals surface area contributed by atoms with Crippen LogP contribution in [0.2, 0.25) is 0 Å². The Kier molecular flexibility index (Phi) is 5.03. The highest BCUT2D eigenvalue weighted by Crippen LogP contribution is 2.21. The maximum Gasteiger partial charge on any atom is 0.128 e. The maximum atomic E-state index is 5.73. The average Bonchev–Trinajstić information content (AvgIpc) is 2.34. The molecule has 1 unspecified atom stereocenters. The summed E-state index contributed by atoms with van der Waals surface area (Å²) < 4.78 is 5.73. The Morgan fingerprint density at radius 1 is 1.25 bits per heavy atom. The molecule has 0 aromatic heterocycles. The number of hydrogen-bond donors (Lipinski definition) is 0. The van der Waals surface area contributed by atoms with Gasteiger partial charge in [-0.25, -0.2) is 0 Å². The molecule has 2 nitrogen and oxygen atoms in total. The first-order valence-electron chi connectivity index (χ1n) is 6.00. The van der Waals surface area contributed by atoms with E-state index in [-0.39, 0.29) is 0 Å². The van der Waals surface area contributed by atoms with E-state index in [1.54, 1.807) is 0 Å². The number of fused-ring (bicyclic) bond motifs is 1. The van der Waals surface area contributed by atoms with Gasteiger partial charge in [0.15, 0.2) is 0 Å². The van der Waals surface area contributed by atoms with Crippen LogP contribution in [0.1, 0.15) is 33.3 Å². The second-order valence-electron chi connectivity index (χ2n) is 3.84. The lowest BCUT2D eigenvalue weighted by molar-refractivity contribution is 0.262. The molecule has 0 aliphatic carbocycles. The smallest absolute Gasteiger partial charge is 0.128 e. The molecular weight excluding hydrogens is 198 g/mol. The molecule has 0 radical (unpaired) electrons. The summed E-state index contributed by atoms with van der Waals surface area (Å²) in [5, 5.41) is 0. The first-order chi connectivity index (χ1) is 7.77. The fourth-order valence-electron chi connectivity index (χ4n) is 1.55. The Balaban J connectivity index is 0.000000606. The fourth-order valence-corrected chi connectivity index (χ4v) is 1.55. The third kappa shape index (κ3) is 3.09. The van der Waals surface area contributed by atoms with Crippen LogP contribution in [-0.2, 0) is 0 Å². The van der Waals surface area contributed by atoms with Gasteiger partial charge in [-0.2, -0.15) is 0 Å². The van der Waals surface area contributed by atoms with Crippen LogP contribution < -0.4 is 4.74 Å². The van der Waals surface area contributed by atoms with Crippen molar-refractivity contribution in [2.75, 3.05) is 13.2 Å². The number of benzene rings is 1. The molecule has 1 aromatic rings. The molecule has 0 saturated heterocycles. The Labute approximate surface area is 98.4 Å². The highest BCUT2D eigenvalue weighted by Gasteiger charge is 2.11. The number of hydrogen-bond acceptors (Lipinski definition) is 2. The molecular formula is C14H21NO. The summed E-state index contributed by atoms with van der Waals surface area (Å²) in [4.78, 5) is 4.54. The molecule has 16 heavy (non-hydrogen) atoms. The third-order valence-electron chi connectivity index (χ3n) is 2.44. The highest BCUT2D eigenvalue weighted by molar-refractivity contribution is 6.01. The monoisotopic (exact) mass is 219 g/mol. The Hall–Kier alpha value is -1.31. The van der Waals surface area contributed by atoms with E-state index < -0.39 is 0 Å². The molecule has 1 heterocycles. The molecule has 1 atom stereocenters. The number of para-hydroxylation sites is 1. The molecule has 88 valence electrons. The van der Waals surface area contributed by atoms with Crippen LogP contribution in [0.25, 0.3) is 0 Å². The van der Waals surface area contributed by atoms with Gasteiger partial charge in [-0.1, -0.05) is 32.9 Å². The molecule has 0 amide bonds. The van der Waals surface area contributed by atoms with E-state index in [0.29, 0.717) is 5.92 Å². The molecule has 2 rings (SSSR count). The normalized spacial score (nSPS) is 19.0. The molecule has 0 bridgehead atoms. The van der Waals surface area contributed by atoms with Gasteiger partial charge >= 0.3 is 0 Å². The molecule has 0 spiro atoms. The van der Waals surface area contributed by atoms with Crippen molar-refractivity contribution in [3.63, 3.8) is 0 Å². The zero-order valence-electron chi connectivity index (χ0n) is 10.7. The lowest BCUT2D eigenvalue weighted by Crippen LogP contribution is -2.16. The van der Waals surface area contributed by atoms with Crippen LogP contribution in [-0.4, -0.2) is 18.9 Å². The summed E-state index contributed by atoms with van der Waals surface area (Å²) in [6, 6.07) is 8.08. The van der Waals surface area contributed by atoms with Gasteiger partial charge in [-0.15, -0.1) is 0 Å². The van der Waals surface area contributed by atoms with Crippen molar-refractivity contribution >= 4 is 5.71 Å². The van der Waals surface area contributed by atoms with Crippen LogP contribution in [0.5, 0.6) is 5.75 Å². The van der Waals surface area contributed by atoms with E-state index >= 15 is 0 Å². The van der Waals surface area contributed by atoms with Gasteiger partial charge in [0, 0.05) is 23.7 Å². The number of nitrogens with zero attached hydrogens (tertiary/aromatic N) is 1. The predicted molar refractivity (Wildman–Crippen MR) is 69.5 cm³/mol. The van der Waals surface area contributed by atoms with Crippen molar-refractivity contribution in [3.8, 4) is 5.75 Å². The summed E-state index contributed by atoms with van der Waals surface area (Å²) in [7, 11) is 0. The Morgan fingerprint density at radius 2 is 1.94 bits per heavy atom. The topological polar surface area (TPSA) is 21.6 Å². The van der Waals surface area contributed by atoms with Crippen LogP contribution in [0.3, 0.4) is 0 Å². The molecule has 0 fully saturated rings. The molecule has 1 aliphatic heterocycles. The predicted octanol–water partition coefficient (Wildman–Crippen LogP) is 3.55. The average molecular weight is 219 g/mol. The zero-order valence-corrected chi connectivity index (χ0v) is 10.7. The largest absolute Gasteiger partial charge is 0.493 e. The van der Waals surface area contributed by atoms with E-state index in [9.17, 15) is 0 Å². The minimum absolute atomic E-state index is 0.498. The summed E-state index contributed by atoms with van der Waals surface area (Å²) >= 11 is 0. The van der Waals surface area contributed by atoms with Gasteiger partial charge in [-0.05, 0) is 19.1 Å². The second kappa shape index (κ2) is 6.31. The zero-order chi connectivity index (χ0) is 12.0. The van der Waals surface area contributed by atoms with Crippen molar-refractivity contribution in [2.24, 2.45) is 10.9 Å². The lowest BCUT2D eigenvalue weighted by Gasteiger charge is -2.17. The van der Waals surface area contributed by atoms with E-state index in [2.05, 4.69) is 18.0 Å². The van der Waals surface area contributed by atoms with Gasteiger partial charge in [0.25, 0.3) is 0 Å². The fraction of sp³-hybridized carbons (Fsp3) is 0.500. The second-order valence-corrected chi connectivity index (χ2v) is 3.84. The van der Waals surface area contributed by atoms with E-state index in [4.69, 9.17) is 4.74 Å². The van der Waals surface area contributed by atoms with E-state index in [1.165, 1.54) is 0 Å². The summed E-state index contributed by atoms with van der Waals surface area (Å²) in [5.41, 5.74) is 2.20. The van der Waals surface area contributed by atoms with Gasteiger partial charge in [0.1, 0.15) is 5.75 Å². The summed E-state index contributed by atoms with van der Waals surface area (Å²) in [6.45, 7) is 9.82.